The summed E-state index contributed by atoms with van der Waals surface area (Å²) in [5.41, 5.74) is 0.846. The van der Waals surface area contributed by atoms with Gasteiger partial charge < -0.3 is 9.47 Å². The molecule has 4 nitrogen and oxygen atoms in total. The summed E-state index contributed by atoms with van der Waals surface area (Å²) in [6.07, 6.45) is 1.63. The van der Waals surface area contributed by atoms with Gasteiger partial charge in [-0.05, 0) is 38.2 Å². The number of carbonyl (C=O) groups is 2. The van der Waals surface area contributed by atoms with Crippen molar-refractivity contribution in [1.29, 1.82) is 0 Å². The lowest BCUT2D eigenvalue weighted by atomic mass is 10.4. The van der Waals surface area contributed by atoms with Crippen LogP contribution in [0.3, 0.4) is 0 Å². The van der Waals surface area contributed by atoms with E-state index in [9.17, 15) is 9.59 Å². The average molecular weight is 286 g/mol. The molecule has 0 aromatic carbocycles. The van der Waals surface area contributed by atoms with Crippen LogP contribution >= 0.6 is 11.8 Å². The summed E-state index contributed by atoms with van der Waals surface area (Å²) in [6.45, 7) is 11.1. The molecule has 0 unspecified atom stereocenters. The lowest BCUT2D eigenvalue weighted by Gasteiger charge is -2.05. The maximum Gasteiger partial charge on any atom is 0.333 e. The molecule has 0 amide bonds. The largest absolute Gasteiger partial charge is 0.462 e. The van der Waals surface area contributed by atoms with Gasteiger partial charge in [0, 0.05) is 11.1 Å². The monoisotopic (exact) mass is 286 g/mol. The molecule has 0 atom stereocenters. The van der Waals surface area contributed by atoms with Gasteiger partial charge in [-0.2, -0.15) is 11.8 Å². The fraction of sp³-hybridized carbons (Fsp3) is 0.571. The van der Waals surface area contributed by atoms with Crippen molar-refractivity contribution < 1.29 is 19.1 Å². The van der Waals surface area contributed by atoms with E-state index in [0.717, 1.165) is 24.3 Å². The standard InChI is InChI=1S/C14H22O4S/c1-11(2)13(15)17-7-5-9-19-10-6-8-18-14(16)12(3)4/h1,3,5-10H2,2,4H3. The minimum atomic E-state index is -0.336. The average Bonchev–Trinajstić information content (AvgIpc) is 2.35. The van der Waals surface area contributed by atoms with Gasteiger partial charge in [0.25, 0.3) is 0 Å². The molecular formula is C14H22O4S. The van der Waals surface area contributed by atoms with Crippen LogP contribution in [-0.4, -0.2) is 36.7 Å². The van der Waals surface area contributed by atoms with E-state index in [2.05, 4.69) is 13.2 Å². The maximum absolute atomic E-state index is 11.1. The molecule has 0 spiro atoms. The Labute approximate surface area is 119 Å². The molecule has 0 saturated heterocycles. The molecule has 0 N–H and O–H groups in total. The van der Waals surface area contributed by atoms with Gasteiger partial charge in [-0.25, -0.2) is 9.59 Å². The molecule has 0 bridgehead atoms. The second kappa shape index (κ2) is 10.7. The van der Waals surface area contributed by atoms with Gasteiger partial charge >= 0.3 is 11.9 Å². The molecule has 0 rings (SSSR count). The van der Waals surface area contributed by atoms with Crippen LogP contribution in [0.25, 0.3) is 0 Å². The molecule has 0 aromatic heterocycles. The predicted molar refractivity (Wildman–Crippen MR) is 78.1 cm³/mol. The SMILES string of the molecule is C=C(C)C(=O)OCCCSCCCOC(=O)C(=C)C. The molecule has 0 fully saturated rings. The molecule has 0 aliphatic carbocycles. The zero-order chi connectivity index (χ0) is 14.7. The Morgan fingerprint density at radius 3 is 1.58 bits per heavy atom. The molecule has 19 heavy (non-hydrogen) atoms. The van der Waals surface area contributed by atoms with Gasteiger partial charge in [-0.15, -0.1) is 0 Å². The van der Waals surface area contributed by atoms with Crippen molar-refractivity contribution in [2.45, 2.75) is 26.7 Å². The van der Waals surface area contributed by atoms with Crippen molar-refractivity contribution in [3.05, 3.63) is 24.3 Å². The highest BCUT2D eigenvalue weighted by Gasteiger charge is 2.03. The zero-order valence-corrected chi connectivity index (χ0v) is 12.5. The second-order valence-corrected chi connectivity index (χ2v) is 5.38. The van der Waals surface area contributed by atoms with Gasteiger partial charge in [-0.3, -0.25) is 0 Å². The predicted octanol–water partition coefficient (Wildman–Crippen LogP) is 2.74. The first-order chi connectivity index (χ1) is 8.95. The lowest BCUT2D eigenvalue weighted by Crippen LogP contribution is -2.07. The number of ether oxygens (including phenoxy) is 2. The molecule has 0 aliphatic rings. The van der Waals surface area contributed by atoms with Gasteiger partial charge in [0.15, 0.2) is 0 Å². The minimum absolute atomic E-state index is 0.336. The molecule has 0 saturated carbocycles. The summed E-state index contributed by atoms with van der Waals surface area (Å²) >= 11 is 1.75. The Morgan fingerprint density at radius 1 is 0.895 bits per heavy atom. The zero-order valence-electron chi connectivity index (χ0n) is 11.7. The number of rotatable bonds is 10. The van der Waals surface area contributed by atoms with Crippen LogP contribution < -0.4 is 0 Å². The highest BCUT2D eigenvalue weighted by Crippen LogP contribution is 2.06. The quantitative estimate of drug-likeness (QED) is 0.351. The van der Waals surface area contributed by atoms with Gasteiger partial charge in [0.2, 0.25) is 0 Å². The Bertz CT molecular complexity index is 304. The first-order valence-electron chi connectivity index (χ1n) is 6.18. The van der Waals surface area contributed by atoms with Crippen molar-refractivity contribution in [2.75, 3.05) is 24.7 Å². The minimum Gasteiger partial charge on any atom is -0.462 e. The normalized spacial score (nSPS) is 9.79. The van der Waals surface area contributed by atoms with Crippen LogP contribution in [0.4, 0.5) is 0 Å². The van der Waals surface area contributed by atoms with E-state index >= 15 is 0 Å². The maximum atomic E-state index is 11.1. The van der Waals surface area contributed by atoms with E-state index in [0.29, 0.717) is 24.4 Å². The lowest BCUT2D eigenvalue weighted by molar-refractivity contribution is -0.139. The number of hydrogen-bond acceptors (Lipinski definition) is 5. The summed E-state index contributed by atoms with van der Waals surface area (Å²) in [7, 11) is 0. The second-order valence-electron chi connectivity index (χ2n) is 4.15. The Hall–Kier alpha value is -1.23. The van der Waals surface area contributed by atoms with Crippen LogP contribution in [-0.2, 0) is 19.1 Å². The highest BCUT2D eigenvalue weighted by atomic mass is 32.2. The van der Waals surface area contributed by atoms with Crippen molar-refractivity contribution in [1.82, 2.24) is 0 Å². The van der Waals surface area contributed by atoms with E-state index < -0.39 is 0 Å². The molecule has 108 valence electrons. The van der Waals surface area contributed by atoms with Crippen LogP contribution in [0.5, 0.6) is 0 Å². The third kappa shape index (κ3) is 10.4. The van der Waals surface area contributed by atoms with E-state index in [1.807, 2.05) is 0 Å². The molecule has 0 aliphatic heterocycles. The van der Waals surface area contributed by atoms with Crippen LogP contribution in [0.1, 0.15) is 26.7 Å². The summed E-state index contributed by atoms with van der Waals surface area (Å²) in [6, 6.07) is 0. The highest BCUT2D eigenvalue weighted by molar-refractivity contribution is 7.99. The van der Waals surface area contributed by atoms with E-state index in [-0.39, 0.29) is 11.9 Å². The Balaban J connectivity index is 3.28. The van der Waals surface area contributed by atoms with E-state index in [4.69, 9.17) is 9.47 Å². The summed E-state index contributed by atoms with van der Waals surface area (Å²) < 4.78 is 9.92. The van der Waals surface area contributed by atoms with Gasteiger partial charge in [-0.1, -0.05) is 13.2 Å². The fourth-order valence-electron chi connectivity index (χ4n) is 1.00. The molecule has 0 aromatic rings. The van der Waals surface area contributed by atoms with Gasteiger partial charge in [0.1, 0.15) is 0 Å². The third-order valence-electron chi connectivity index (χ3n) is 2.03. The summed E-state index contributed by atoms with van der Waals surface area (Å²) in [5.74, 6) is 1.16. The van der Waals surface area contributed by atoms with E-state index in [1.165, 1.54) is 0 Å². The summed E-state index contributed by atoms with van der Waals surface area (Å²) in [4.78, 5) is 22.1. The number of thioether (sulfide) groups is 1. The van der Waals surface area contributed by atoms with Crippen LogP contribution in [0.15, 0.2) is 24.3 Å². The fourth-order valence-corrected chi connectivity index (χ4v) is 1.85. The van der Waals surface area contributed by atoms with Crippen LogP contribution in [0, 0.1) is 0 Å². The third-order valence-corrected chi connectivity index (χ3v) is 3.18. The molecule has 0 radical (unpaired) electrons. The smallest absolute Gasteiger partial charge is 0.333 e. The van der Waals surface area contributed by atoms with Crippen molar-refractivity contribution in [2.24, 2.45) is 0 Å². The molecule has 5 heteroatoms. The van der Waals surface area contributed by atoms with Crippen molar-refractivity contribution in [3.8, 4) is 0 Å². The topological polar surface area (TPSA) is 52.6 Å². The molecular weight excluding hydrogens is 264 g/mol. The van der Waals surface area contributed by atoms with Crippen molar-refractivity contribution in [3.63, 3.8) is 0 Å². The number of esters is 2. The number of hydrogen-bond donors (Lipinski definition) is 0. The number of carbonyl (C=O) groups excluding carboxylic acids is 2. The van der Waals surface area contributed by atoms with Crippen molar-refractivity contribution >= 4 is 23.7 Å². The first kappa shape index (κ1) is 17.8. The Kier molecular flexibility index (Phi) is 9.98. The van der Waals surface area contributed by atoms with Crippen LogP contribution in [0.2, 0.25) is 0 Å². The molecule has 0 heterocycles. The summed E-state index contributed by atoms with van der Waals surface area (Å²) in [5, 5.41) is 0. The Morgan fingerprint density at radius 2 is 1.26 bits per heavy atom. The first-order valence-corrected chi connectivity index (χ1v) is 7.33. The van der Waals surface area contributed by atoms with Gasteiger partial charge in [0.05, 0.1) is 13.2 Å². The van der Waals surface area contributed by atoms with E-state index in [1.54, 1.807) is 25.6 Å².